The third kappa shape index (κ3) is 4.65. The van der Waals surface area contributed by atoms with Crippen LogP contribution in [0, 0.1) is 48.5 Å². The molecule has 0 aliphatic rings. The van der Waals surface area contributed by atoms with E-state index in [4.69, 9.17) is 5.11 Å². The van der Waals surface area contributed by atoms with Crippen LogP contribution >= 0.6 is 0 Å². The zero-order chi connectivity index (χ0) is 9.52. The van der Waals surface area contributed by atoms with Crippen LogP contribution in [0.25, 0.3) is 0 Å². The molecule has 2 nitrogen and oxygen atoms in total. The van der Waals surface area contributed by atoms with Gasteiger partial charge in [0, 0.05) is 0 Å². The van der Waals surface area contributed by atoms with Crippen LogP contribution in [0.4, 0.5) is 0 Å². The first-order valence-corrected chi connectivity index (χ1v) is 3.26. The Bertz CT molecular complexity index is 305. The van der Waals surface area contributed by atoms with E-state index in [2.05, 4.69) is 48.5 Å². The summed E-state index contributed by atoms with van der Waals surface area (Å²) in [7, 11) is 0. The number of hydrogen-bond acceptors (Lipinski definition) is 1. The molecule has 1 N–H and O–H groups in total. The number of carboxylic acid groups (broad SMARTS) is 1. The van der Waals surface area contributed by atoms with Crippen molar-refractivity contribution in [1.82, 2.24) is 0 Å². The van der Waals surface area contributed by atoms with Crippen molar-refractivity contribution in [3.05, 3.63) is 60.2 Å². The topological polar surface area (TPSA) is 37.3 Å². The fourth-order valence-corrected chi connectivity index (χ4v) is 0.506. The zero-order valence-electron chi connectivity index (χ0n) is 6.79. The summed E-state index contributed by atoms with van der Waals surface area (Å²) in [4.78, 5) is 9.96. The second-order valence-corrected chi connectivity index (χ2v) is 1.86. The van der Waals surface area contributed by atoms with Gasteiger partial charge in [0.15, 0.2) is 0 Å². The summed E-state index contributed by atoms with van der Waals surface area (Å²) in [6.07, 6.45) is 0. The Morgan fingerprint density at radius 1 is 1.07 bits per heavy atom. The molecule has 0 amide bonds. The molecule has 0 radical (unpaired) electrons. The molecule has 0 unspecified atom stereocenters. The standard InChI is InChI=1S/C6HO2.C5H.Fe/c7-6(8)5-3-1-2-4-5;1-2-4-5-3-1;/h(H,7,8);1H;/q2*-5;+2. The summed E-state index contributed by atoms with van der Waals surface area (Å²) in [5.41, 5.74) is -0.00926. The van der Waals surface area contributed by atoms with Crippen molar-refractivity contribution in [3.8, 4) is 0 Å². The van der Waals surface area contributed by atoms with Gasteiger partial charge < -0.3 is 70.1 Å². The molecule has 2 aromatic rings. The Kier molecular flexibility index (Phi) is 6.46. The molecule has 0 atom stereocenters. The van der Waals surface area contributed by atoms with E-state index in [1.54, 1.807) is 6.07 Å². The van der Waals surface area contributed by atoms with Crippen molar-refractivity contribution in [2.24, 2.45) is 0 Å². The third-order valence-corrected chi connectivity index (χ3v) is 1.00. The van der Waals surface area contributed by atoms with Crippen LogP contribution in [-0.4, -0.2) is 11.1 Å². The summed E-state index contributed by atoms with van der Waals surface area (Å²) < 4.78 is 0. The maximum atomic E-state index is 9.96. The van der Waals surface area contributed by atoms with E-state index in [0.717, 1.165) is 0 Å². The van der Waals surface area contributed by atoms with Gasteiger partial charge in [-0.15, -0.1) is 5.97 Å². The van der Waals surface area contributed by atoms with E-state index in [1.165, 1.54) is 0 Å². The third-order valence-electron chi connectivity index (χ3n) is 1.00. The molecule has 0 saturated heterocycles. The Morgan fingerprint density at radius 2 is 1.57 bits per heavy atom. The molecule has 2 aromatic carbocycles. The zero-order valence-corrected chi connectivity index (χ0v) is 7.89. The van der Waals surface area contributed by atoms with Crippen LogP contribution in [0.2, 0.25) is 0 Å². The van der Waals surface area contributed by atoms with Gasteiger partial charge >= 0.3 is 17.1 Å². The number of rotatable bonds is 1. The Hall–Kier alpha value is -1.31. The molecular weight excluding hydrogens is 220 g/mol. The summed E-state index contributed by atoms with van der Waals surface area (Å²) in [6, 6.07) is 21.3. The Labute approximate surface area is 93.4 Å². The van der Waals surface area contributed by atoms with Crippen molar-refractivity contribution >= 4 is 5.97 Å². The average Bonchev–Trinajstić information content (AvgIpc) is 2.82. The van der Waals surface area contributed by atoms with Gasteiger partial charge in [-0.3, -0.25) is 0 Å². The fraction of sp³-hybridized carbons (Fsp3) is 0. The first kappa shape index (κ1) is 12.7. The van der Waals surface area contributed by atoms with E-state index >= 15 is 0 Å². The van der Waals surface area contributed by atoms with Crippen molar-refractivity contribution in [2.45, 2.75) is 0 Å². The number of aromatic carboxylic acids is 1. The molecule has 0 aliphatic carbocycles. The summed E-state index contributed by atoms with van der Waals surface area (Å²) in [5, 5.41) is 8.17. The van der Waals surface area contributed by atoms with Gasteiger partial charge in [0.05, 0.1) is 0 Å². The minimum absolute atomic E-state index is 0. The summed E-state index contributed by atoms with van der Waals surface area (Å²) in [6.45, 7) is 0. The fourth-order valence-electron chi connectivity index (χ4n) is 0.506. The summed E-state index contributed by atoms with van der Waals surface area (Å²) >= 11 is 0. The maximum absolute atomic E-state index is 9.96. The SMILES string of the molecule is O=C(O)[c-]1[c-][c-][c-][c-]1.[Fe+2].[c-]1[c-][c-][cH-][c-]1. The average molecular weight is 222 g/mol. The van der Waals surface area contributed by atoms with Crippen LogP contribution in [0.3, 0.4) is 0 Å². The molecule has 2 rings (SSSR count). The first-order chi connectivity index (χ1) is 6.30. The Morgan fingerprint density at radius 3 is 1.79 bits per heavy atom. The second-order valence-electron chi connectivity index (χ2n) is 1.86. The van der Waals surface area contributed by atoms with E-state index in [9.17, 15) is 4.79 Å². The van der Waals surface area contributed by atoms with Gasteiger partial charge in [-0.05, 0) is 0 Å². The van der Waals surface area contributed by atoms with E-state index < -0.39 is 5.97 Å². The minimum Gasteiger partial charge on any atom is -0.999 e. The maximum Gasteiger partial charge on any atom is 2.00 e. The van der Waals surface area contributed by atoms with Crippen LogP contribution < -0.4 is 0 Å². The smallest absolute Gasteiger partial charge is 0.999 e. The molecule has 0 saturated carbocycles. The molecule has 14 heavy (non-hydrogen) atoms. The normalized spacial score (nSPS) is 8.00. The van der Waals surface area contributed by atoms with Crippen LogP contribution in [0.15, 0.2) is 6.07 Å². The second kappa shape index (κ2) is 7.13. The Balaban J connectivity index is 0.000000246. The van der Waals surface area contributed by atoms with Crippen molar-refractivity contribution in [2.75, 3.05) is 0 Å². The van der Waals surface area contributed by atoms with Gasteiger partial charge in [-0.2, -0.15) is 0 Å². The summed E-state index contributed by atoms with van der Waals surface area (Å²) in [5.74, 6) is -1.04. The molecule has 0 aromatic heterocycles. The first-order valence-electron chi connectivity index (χ1n) is 3.26. The van der Waals surface area contributed by atoms with Gasteiger partial charge in [0.25, 0.3) is 0 Å². The molecule has 0 aliphatic heterocycles. The van der Waals surface area contributed by atoms with Crippen molar-refractivity contribution < 1.29 is 27.0 Å². The molecule has 0 heterocycles. The van der Waals surface area contributed by atoms with E-state index in [0.29, 0.717) is 0 Å². The van der Waals surface area contributed by atoms with Crippen LogP contribution in [-0.2, 0) is 17.1 Å². The van der Waals surface area contributed by atoms with Gasteiger partial charge in [0.1, 0.15) is 0 Å². The number of carbonyl (C=O) groups is 1. The predicted octanol–water partition coefficient (Wildman–Crippen LogP) is 0.908. The van der Waals surface area contributed by atoms with E-state index in [-0.39, 0.29) is 22.6 Å². The van der Waals surface area contributed by atoms with Gasteiger partial charge in [-0.25, -0.2) is 0 Å². The quantitative estimate of drug-likeness (QED) is 0.575. The molecule has 0 spiro atoms. The van der Waals surface area contributed by atoms with Gasteiger partial charge in [0.2, 0.25) is 0 Å². The van der Waals surface area contributed by atoms with Crippen molar-refractivity contribution in [1.29, 1.82) is 0 Å². The molecule has 74 valence electrons. The van der Waals surface area contributed by atoms with Crippen LogP contribution in [0.1, 0.15) is 10.4 Å². The van der Waals surface area contributed by atoms with E-state index in [1.807, 2.05) is 0 Å². The monoisotopic (exact) mass is 222 g/mol. The van der Waals surface area contributed by atoms with Crippen LogP contribution in [0.5, 0.6) is 0 Å². The molecule has 3 heteroatoms. The molecule has 0 fully saturated rings. The largest absolute Gasteiger partial charge is 2.00 e. The predicted molar refractivity (Wildman–Crippen MR) is 41.7 cm³/mol. The molecular formula is C11H2FeO2-8. The minimum atomic E-state index is -1.04. The van der Waals surface area contributed by atoms with Gasteiger partial charge in [-0.1, -0.05) is 0 Å². The number of hydrogen-bond donors (Lipinski definition) is 1. The molecule has 0 bridgehead atoms. The number of carboxylic acids is 1. The van der Waals surface area contributed by atoms with Crippen molar-refractivity contribution in [3.63, 3.8) is 0 Å².